The van der Waals surface area contributed by atoms with Crippen LogP contribution in [0.1, 0.15) is 18.1 Å². The first-order valence-electron chi connectivity index (χ1n) is 11.7. The number of hydrogen-bond donors (Lipinski definition) is 3. The van der Waals surface area contributed by atoms with Crippen molar-refractivity contribution in [2.75, 3.05) is 20.3 Å². The van der Waals surface area contributed by atoms with Gasteiger partial charge in [0.2, 0.25) is 0 Å². The summed E-state index contributed by atoms with van der Waals surface area (Å²) in [5.74, 6) is -1.24. The molecule has 0 bridgehead atoms. The minimum atomic E-state index is -4.09. The molecule has 2 aromatic rings. The van der Waals surface area contributed by atoms with E-state index in [9.17, 15) is 24.4 Å². The maximum absolute atomic E-state index is 13.3. The molecule has 0 saturated carbocycles. The Balaban J connectivity index is 0.000000798. The van der Waals surface area contributed by atoms with E-state index in [0.29, 0.717) is 0 Å². The number of aliphatic hydroxyl groups is 3. The van der Waals surface area contributed by atoms with Gasteiger partial charge in [-0.2, -0.15) is 0 Å². The first-order valence-corrected chi connectivity index (χ1v) is 14.1. The molecule has 1 heterocycles. The number of rotatable bonds is 11. The second-order valence-corrected chi connectivity index (χ2v) is 10.6. The van der Waals surface area contributed by atoms with E-state index in [1.165, 1.54) is 14.0 Å². The van der Waals surface area contributed by atoms with Crippen molar-refractivity contribution < 1.29 is 57.3 Å². The van der Waals surface area contributed by atoms with Gasteiger partial charge >= 0.3 is 19.8 Å². The first kappa shape index (κ1) is 33.0. The van der Waals surface area contributed by atoms with E-state index in [-0.39, 0.29) is 13.2 Å². The normalized spacial score (nSPS) is 22.8. The van der Waals surface area contributed by atoms with Crippen molar-refractivity contribution in [1.29, 1.82) is 0 Å². The Labute approximate surface area is 234 Å². The molecular weight excluding hydrogens is 603 g/mol. The number of methoxy groups -OCH3 is 1. The van der Waals surface area contributed by atoms with E-state index >= 15 is 0 Å². The lowest BCUT2D eigenvalue weighted by atomic mass is 10.0. The quantitative estimate of drug-likeness (QED) is 0.188. The van der Waals surface area contributed by atoms with Crippen LogP contribution in [-0.2, 0) is 55.1 Å². The predicted octanol–water partition coefficient (Wildman–Crippen LogP) is 2.47. The molecule has 0 amide bonds. The number of carbonyl (C=O) groups excluding carboxylic acids is 2. The van der Waals surface area contributed by atoms with Crippen LogP contribution in [-0.4, -0.2) is 77.0 Å². The lowest BCUT2D eigenvalue weighted by Gasteiger charge is -2.40. The van der Waals surface area contributed by atoms with Crippen LogP contribution in [0.25, 0.3) is 0 Å². The molecule has 1 fully saturated rings. The van der Waals surface area contributed by atoms with Crippen LogP contribution in [0.4, 0.5) is 0 Å². The fourth-order valence-corrected chi connectivity index (χ4v) is 5.01. The fourth-order valence-electron chi connectivity index (χ4n) is 3.14. The molecular formula is C25H32BrO12P. The van der Waals surface area contributed by atoms with Gasteiger partial charge in [-0.25, -0.2) is 9.36 Å². The Morgan fingerprint density at radius 2 is 1.44 bits per heavy atom. The highest BCUT2D eigenvalue weighted by atomic mass is 79.9. The molecule has 2 aromatic carbocycles. The van der Waals surface area contributed by atoms with Gasteiger partial charge in [-0.05, 0) is 11.1 Å². The monoisotopic (exact) mass is 634 g/mol. The van der Waals surface area contributed by atoms with Crippen molar-refractivity contribution in [3.8, 4) is 0 Å². The molecule has 12 nitrogen and oxygen atoms in total. The summed E-state index contributed by atoms with van der Waals surface area (Å²) in [6.45, 7) is 0.182. The Hall–Kier alpha value is -2.19. The van der Waals surface area contributed by atoms with Gasteiger partial charge < -0.3 is 29.5 Å². The second kappa shape index (κ2) is 16.8. The lowest BCUT2D eigenvalue weighted by Crippen LogP contribution is -2.58. The third kappa shape index (κ3) is 11.4. The maximum Gasteiger partial charge on any atom is 0.475 e. The van der Waals surface area contributed by atoms with Gasteiger partial charge in [0.25, 0.3) is 0 Å². The van der Waals surface area contributed by atoms with E-state index in [1.807, 2.05) is 36.4 Å². The van der Waals surface area contributed by atoms with Gasteiger partial charge in [-0.15, -0.1) is 0 Å². The molecule has 3 N–H and O–H groups in total. The number of alkyl halides is 1. The summed E-state index contributed by atoms with van der Waals surface area (Å²) in [7, 11) is -2.87. The largest absolute Gasteiger partial charge is 0.475 e. The highest BCUT2D eigenvalue weighted by Gasteiger charge is 2.46. The van der Waals surface area contributed by atoms with Crippen LogP contribution in [0.15, 0.2) is 60.7 Å². The zero-order valence-corrected chi connectivity index (χ0v) is 23.8. The van der Waals surface area contributed by atoms with Crippen molar-refractivity contribution in [2.45, 2.75) is 49.6 Å². The minimum Gasteiger partial charge on any atom is -0.467 e. The Kier molecular flexibility index (Phi) is 14.2. The van der Waals surface area contributed by atoms with E-state index < -0.39 is 62.4 Å². The summed E-state index contributed by atoms with van der Waals surface area (Å²) in [5.41, 5.74) is 1.53. The minimum absolute atomic E-state index is 0.0286. The summed E-state index contributed by atoms with van der Waals surface area (Å²) >= 11 is 3.18. The first-order chi connectivity index (χ1) is 18.6. The molecule has 1 aliphatic rings. The molecule has 0 spiro atoms. The molecule has 216 valence electrons. The van der Waals surface area contributed by atoms with Crippen molar-refractivity contribution in [2.24, 2.45) is 0 Å². The summed E-state index contributed by atoms with van der Waals surface area (Å²) in [5, 5.41) is 27.7. The highest BCUT2D eigenvalue weighted by Crippen LogP contribution is 2.51. The number of carbonyl (C=O) groups is 2. The van der Waals surface area contributed by atoms with Crippen molar-refractivity contribution >= 4 is 35.7 Å². The van der Waals surface area contributed by atoms with E-state index in [4.69, 9.17) is 28.2 Å². The van der Waals surface area contributed by atoms with E-state index in [2.05, 4.69) is 20.7 Å². The Morgan fingerprint density at radius 1 is 0.923 bits per heavy atom. The van der Waals surface area contributed by atoms with Crippen LogP contribution >= 0.6 is 23.8 Å². The van der Waals surface area contributed by atoms with Crippen LogP contribution in [0.2, 0.25) is 0 Å². The lowest BCUT2D eigenvalue weighted by molar-refractivity contribution is -0.216. The van der Waals surface area contributed by atoms with Gasteiger partial charge in [0, 0.05) is 6.92 Å². The van der Waals surface area contributed by atoms with Crippen LogP contribution in [0, 0.1) is 0 Å². The Morgan fingerprint density at radius 3 is 1.85 bits per heavy atom. The van der Waals surface area contributed by atoms with Crippen molar-refractivity contribution in [1.82, 2.24) is 0 Å². The number of hydrogen-bond acceptors (Lipinski definition) is 12. The summed E-state index contributed by atoms with van der Waals surface area (Å²) < 4.78 is 44.4. The summed E-state index contributed by atoms with van der Waals surface area (Å²) in [4.78, 5) is 20.9. The van der Waals surface area contributed by atoms with E-state index in [0.717, 1.165) is 11.1 Å². The van der Waals surface area contributed by atoms with Crippen molar-refractivity contribution in [3.63, 3.8) is 0 Å². The molecule has 1 aliphatic heterocycles. The third-order valence-corrected chi connectivity index (χ3v) is 7.24. The van der Waals surface area contributed by atoms with Crippen molar-refractivity contribution in [3.05, 3.63) is 71.8 Å². The number of halogens is 1. The summed E-state index contributed by atoms with van der Waals surface area (Å²) in [6, 6.07) is 18.2. The fraction of sp³-hybridized carbons (Fsp3) is 0.440. The number of ether oxygens (including phenoxy) is 3. The molecule has 14 heteroatoms. The molecule has 0 aromatic heterocycles. The molecule has 2 unspecified atom stereocenters. The average Bonchev–Trinajstić information content (AvgIpc) is 2.95. The van der Waals surface area contributed by atoms with Gasteiger partial charge in [-0.1, -0.05) is 76.6 Å². The standard InChI is InChI=1S/C22H26BrO9P.C3H6O3/c1-15(24)31-21-20(26)19(25)18(32-22(21)23)14-30-33(27,28-12-16-8-4-2-5-9-16)29-13-17-10-6-3-7-11-17;1-6-3(5)2-4/h2-11,18-22,25-26H,12-14H2,1H3;4H,2H2,1H3/t18?,19-,20+,21?,22+;/m1./s1. The van der Waals surface area contributed by atoms with Gasteiger partial charge in [-0.3, -0.25) is 18.4 Å². The molecule has 3 rings (SSSR count). The number of benzene rings is 2. The predicted molar refractivity (Wildman–Crippen MR) is 140 cm³/mol. The van der Waals surface area contributed by atoms with Crippen LogP contribution in [0.3, 0.4) is 0 Å². The number of phosphoric acid groups is 1. The smallest absolute Gasteiger partial charge is 0.467 e. The number of phosphoric ester groups is 1. The van der Waals surface area contributed by atoms with Gasteiger partial charge in [0.15, 0.2) is 11.1 Å². The van der Waals surface area contributed by atoms with Crippen LogP contribution in [0.5, 0.6) is 0 Å². The zero-order chi connectivity index (χ0) is 28.8. The topological polar surface area (TPSA) is 167 Å². The Bertz CT molecular complexity index is 1000. The molecule has 0 radical (unpaired) electrons. The van der Waals surface area contributed by atoms with Gasteiger partial charge in [0.05, 0.1) is 26.9 Å². The van der Waals surface area contributed by atoms with Crippen LogP contribution < -0.4 is 0 Å². The highest BCUT2D eigenvalue weighted by molar-refractivity contribution is 9.09. The van der Waals surface area contributed by atoms with Gasteiger partial charge in [0.1, 0.15) is 24.9 Å². The molecule has 1 saturated heterocycles. The third-order valence-electron chi connectivity index (χ3n) is 5.15. The summed E-state index contributed by atoms with van der Waals surface area (Å²) in [6.07, 6.45) is -5.13. The molecule has 5 atom stereocenters. The SMILES string of the molecule is CC(=O)OC1[C@@H](O)[C@H](O)C(COP(=O)(OCc2ccccc2)OCc2ccccc2)O[C@@H]1Br.COC(=O)CO. The number of aliphatic hydroxyl groups excluding tert-OH is 3. The second-order valence-electron chi connectivity index (χ2n) is 8.08. The average molecular weight is 635 g/mol. The number of esters is 2. The van der Waals surface area contributed by atoms with E-state index in [1.54, 1.807) is 24.3 Å². The molecule has 0 aliphatic carbocycles. The molecule has 39 heavy (non-hydrogen) atoms. The maximum atomic E-state index is 13.3. The zero-order valence-electron chi connectivity index (χ0n) is 21.3.